The summed E-state index contributed by atoms with van der Waals surface area (Å²) in [7, 11) is 1.62. The van der Waals surface area contributed by atoms with E-state index in [0.717, 1.165) is 17.9 Å². The number of anilines is 2. The molecule has 0 saturated carbocycles. The standard InChI is InChI=1S/C20H20N4O2/c1-26-17-9-7-16(8-10-17)22-19-12-11-18(23-24-19)20(25)21-14-13-15-5-3-2-4-6-15/h2-12H,13-14H2,1H3,(H,21,25)(H,22,24). The summed E-state index contributed by atoms with van der Waals surface area (Å²) in [5.41, 5.74) is 2.33. The van der Waals surface area contributed by atoms with E-state index in [-0.39, 0.29) is 5.91 Å². The fraction of sp³-hybridized carbons (Fsp3) is 0.150. The van der Waals surface area contributed by atoms with Crippen LogP contribution in [0.4, 0.5) is 11.5 Å². The Labute approximate surface area is 152 Å². The van der Waals surface area contributed by atoms with Gasteiger partial charge in [-0.15, -0.1) is 10.2 Å². The Kier molecular flexibility index (Phi) is 5.77. The Bertz CT molecular complexity index is 834. The molecule has 0 bridgehead atoms. The van der Waals surface area contributed by atoms with Gasteiger partial charge in [0.15, 0.2) is 11.5 Å². The highest BCUT2D eigenvalue weighted by atomic mass is 16.5. The van der Waals surface area contributed by atoms with Gasteiger partial charge in [0.05, 0.1) is 7.11 Å². The Morgan fingerprint density at radius 2 is 1.73 bits per heavy atom. The molecule has 1 heterocycles. The number of rotatable bonds is 7. The summed E-state index contributed by atoms with van der Waals surface area (Å²) < 4.78 is 5.12. The highest BCUT2D eigenvalue weighted by Crippen LogP contribution is 2.18. The number of carbonyl (C=O) groups excluding carboxylic acids is 1. The zero-order valence-corrected chi connectivity index (χ0v) is 14.5. The first-order valence-electron chi connectivity index (χ1n) is 8.31. The number of benzene rings is 2. The first-order valence-corrected chi connectivity index (χ1v) is 8.31. The molecule has 2 N–H and O–H groups in total. The molecule has 2 aromatic carbocycles. The van der Waals surface area contributed by atoms with Gasteiger partial charge in [0.1, 0.15) is 5.75 Å². The fourth-order valence-corrected chi connectivity index (χ4v) is 2.40. The van der Waals surface area contributed by atoms with Gasteiger partial charge in [0, 0.05) is 12.2 Å². The molecule has 0 aliphatic carbocycles. The van der Waals surface area contributed by atoms with E-state index < -0.39 is 0 Å². The van der Waals surface area contributed by atoms with E-state index in [1.165, 1.54) is 5.56 Å². The van der Waals surface area contributed by atoms with Crippen molar-refractivity contribution < 1.29 is 9.53 Å². The minimum atomic E-state index is -0.232. The van der Waals surface area contributed by atoms with Crippen molar-refractivity contribution in [3.63, 3.8) is 0 Å². The number of amides is 1. The number of carbonyl (C=O) groups is 1. The first-order chi connectivity index (χ1) is 12.7. The topological polar surface area (TPSA) is 76.1 Å². The summed E-state index contributed by atoms with van der Waals surface area (Å²) in [5, 5.41) is 14.0. The van der Waals surface area contributed by atoms with E-state index in [9.17, 15) is 4.79 Å². The van der Waals surface area contributed by atoms with Gasteiger partial charge in [-0.3, -0.25) is 4.79 Å². The lowest BCUT2D eigenvalue weighted by atomic mass is 10.1. The molecule has 1 aromatic heterocycles. The highest BCUT2D eigenvalue weighted by Gasteiger charge is 2.08. The second-order valence-electron chi connectivity index (χ2n) is 5.65. The van der Waals surface area contributed by atoms with E-state index in [1.54, 1.807) is 19.2 Å². The van der Waals surface area contributed by atoms with Gasteiger partial charge < -0.3 is 15.4 Å². The maximum absolute atomic E-state index is 12.1. The largest absolute Gasteiger partial charge is 0.497 e. The third-order valence-electron chi connectivity index (χ3n) is 3.80. The van der Waals surface area contributed by atoms with Crippen LogP contribution in [0.25, 0.3) is 0 Å². The monoisotopic (exact) mass is 348 g/mol. The van der Waals surface area contributed by atoms with Gasteiger partial charge in [-0.2, -0.15) is 0 Å². The van der Waals surface area contributed by atoms with Crippen molar-refractivity contribution in [2.45, 2.75) is 6.42 Å². The highest BCUT2D eigenvalue weighted by molar-refractivity contribution is 5.92. The van der Waals surface area contributed by atoms with Crippen LogP contribution in [0.5, 0.6) is 5.75 Å². The number of methoxy groups -OCH3 is 1. The minimum absolute atomic E-state index is 0.232. The van der Waals surface area contributed by atoms with Crippen LogP contribution in [0.2, 0.25) is 0 Å². The molecule has 1 amide bonds. The molecular formula is C20H20N4O2. The van der Waals surface area contributed by atoms with E-state index in [4.69, 9.17) is 4.74 Å². The molecule has 0 fully saturated rings. The van der Waals surface area contributed by atoms with Crippen LogP contribution >= 0.6 is 0 Å². The summed E-state index contributed by atoms with van der Waals surface area (Å²) in [4.78, 5) is 12.1. The number of nitrogens with zero attached hydrogens (tertiary/aromatic N) is 2. The number of aromatic nitrogens is 2. The van der Waals surface area contributed by atoms with Gasteiger partial charge in [0.25, 0.3) is 5.91 Å². The molecule has 132 valence electrons. The van der Waals surface area contributed by atoms with E-state index in [2.05, 4.69) is 20.8 Å². The SMILES string of the molecule is COc1ccc(Nc2ccc(C(=O)NCCc3ccccc3)nn2)cc1. The van der Waals surface area contributed by atoms with Crippen LogP contribution in [0.1, 0.15) is 16.1 Å². The normalized spacial score (nSPS) is 10.2. The molecule has 0 spiro atoms. The Balaban J connectivity index is 1.52. The fourth-order valence-electron chi connectivity index (χ4n) is 2.40. The average molecular weight is 348 g/mol. The predicted octanol–water partition coefficient (Wildman–Crippen LogP) is 3.20. The lowest BCUT2D eigenvalue weighted by molar-refractivity contribution is 0.0948. The van der Waals surface area contributed by atoms with Crippen molar-refractivity contribution in [1.29, 1.82) is 0 Å². The summed E-state index contributed by atoms with van der Waals surface area (Å²) in [6, 6.07) is 20.8. The van der Waals surface area contributed by atoms with E-state index in [1.807, 2.05) is 54.6 Å². The Morgan fingerprint density at radius 1 is 0.962 bits per heavy atom. The zero-order chi connectivity index (χ0) is 18.2. The van der Waals surface area contributed by atoms with E-state index >= 15 is 0 Å². The van der Waals surface area contributed by atoms with Gasteiger partial charge in [-0.25, -0.2) is 0 Å². The maximum atomic E-state index is 12.1. The van der Waals surface area contributed by atoms with Crippen LogP contribution in [0.15, 0.2) is 66.7 Å². The van der Waals surface area contributed by atoms with Crippen molar-refractivity contribution in [3.8, 4) is 5.75 Å². The average Bonchev–Trinajstić information content (AvgIpc) is 2.70. The third kappa shape index (κ3) is 4.80. The molecular weight excluding hydrogens is 328 g/mol. The van der Waals surface area contributed by atoms with Crippen molar-refractivity contribution in [2.75, 3.05) is 19.0 Å². The number of ether oxygens (including phenoxy) is 1. The smallest absolute Gasteiger partial charge is 0.271 e. The molecule has 0 aliphatic rings. The molecule has 26 heavy (non-hydrogen) atoms. The lowest BCUT2D eigenvalue weighted by Crippen LogP contribution is -2.26. The van der Waals surface area contributed by atoms with Crippen molar-refractivity contribution >= 4 is 17.4 Å². The van der Waals surface area contributed by atoms with Crippen LogP contribution in [0.3, 0.4) is 0 Å². The van der Waals surface area contributed by atoms with Crippen LogP contribution in [-0.4, -0.2) is 29.8 Å². The molecule has 0 unspecified atom stereocenters. The Hall–Kier alpha value is -3.41. The molecule has 6 heteroatoms. The van der Waals surface area contributed by atoms with Gasteiger partial charge in [-0.1, -0.05) is 30.3 Å². The van der Waals surface area contributed by atoms with Crippen LogP contribution in [-0.2, 0) is 6.42 Å². The number of hydrogen-bond acceptors (Lipinski definition) is 5. The Morgan fingerprint density at radius 3 is 2.38 bits per heavy atom. The molecule has 3 aromatic rings. The molecule has 0 radical (unpaired) electrons. The molecule has 3 rings (SSSR count). The molecule has 0 aliphatic heterocycles. The van der Waals surface area contributed by atoms with E-state index in [0.29, 0.717) is 18.1 Å². The summed E-state index contributed by atoms with van der Waals surface area (Å²) in [6.07, 6.45) is 0.775. The quantitative estimate of drug-likeness (QED) is 0.686. The number of hydrogen-bond donors (Lipinski definition) is 2. The minimum Gasteiger partial charge on any atom is -0.497 e. The second kappa shape index (κ2) is 8.62. The second-order valence-corrected chi connectivity index (χ2v) is 5.65. The van der Waals surface area contributed by atoms with Gasteiger partial charge >= 0.3 is 0 Å². The molecule has 0 saturated heterocycles. The van der Waals surface area contributed by atoms with Crippen LogP contribution < -0.4 is 15.4 Å². The lowest BCUT2D eigenvalue weighted by Gasteiger charge is -2.07. The van der Waals surface area contributed by atoms with Gasteiger partial charge in [-0.05, 0) is 48.4 Å². The summed E-state index contributed by atoms with van der Waals surface area (Å²) in [6.45, 7) is 0.552. The first kappa shape index (κ1) is 17.4. The summed E-state index contributed by atoms with van der Waals surface area (Å²) in [5.74, 6) is 1.12. The van der Waals surface area contributed by atoms with Crippen molar-refractivity contribution in [1.82, 2.24) is 15.5 Å². The summed E-state index contributed by atoms with van der Waals surface area (Å²) >= 11 is 0. The van der Waals surface area contributed by atoms with Crippen molar-refractivity contribution in [2.24, 2.45) is 0 Å². The predicted molar refractivity (Wildman–Crippen MR) is 101 cm³/mol. The third-order valence-corrected chi connectivity index (χ3v) is 3.80. The van der Waals surface area contributed by atoms with Gasteiger partial charge in [0.2, 0.25) is 0 Å². The van der Waals surface area contributed by atoms with Crippen LogP contribution in [0, 0.1) is 0 Å². The molecule has 0 atom stereocenters. The molecule has 6 nitrogen and oxygen atoms in total. The van der Waals surface area contributed by atoms with Crippen molar-refractivity contribution in [3.05, 3.63) is 78.0 Å². The zero-order valence-electron chi connectivity index (χ0n) is 14.5. The maximum Gasteiger partial charge on any atom is 0.271 e. The number of nitrogens with one attached hydrogen (secondary N) is 2.